The highest BCUT2D eigenvalue weighted by molar-refractivity contribution is 5.89. The van der Waals surface area contributed by atoms with Crippen LogP contribution in [0.25, 0.3) is 0 Å². The summed E-state index contributed by atoms with van der Waals surface area (Å²) in [6, 6.07) is 4.21. The van der Waals surface area contributed by atoms with Gasteiger partial charge in [-0.05, 0) is 49.9 Å². The van der Waals surface area contributed by atoms with Crippen LogP contribution in [0.3, 0.4) is 0 Å². The third kappa shape index (κ3) is 1.13. The highest BCUT2D eigenvalue weighted by atomic mass is 16.5. The maximum Gasteiger partial charge on any atom is 0.174 e. The molecule has 1 aromatic carbocycles. The molecule has 1 N–H and O–H groups in total. The number of hydrogen-bond donors (Lipinski definition) is 1. The third-order valence-electron chi connectivity index (χ3n) is 7.09. The molecule has 2 bridgehead atoms. The number of phenols is 1. The summed E-state index contributed by atoms with van der Waals surface area (Å²) in [5.41, 5.74) is 2.22. The quantitative estimate of drug-likeness (QED) is 0.796. The lowest BCUT2D eigenvalue weighted by molar-refractivity contribution is -0.150. The molecule has 4 heteroatoms. The number of nitrogens with zero attached hydrogens (tertiary/aromatic N) is 1. The second-order valence-electron chi connectivity index (χ2n) is 7.75. The molecule has 116 valence electrons. The van der Waals surface area contributed by atoms with Gasteiger partial charge in [0, 0.05) is 18.0 Å². The smallest absolute Gasteiger partial charge is 0.174 e. The average Bonchev–Trinajstić information content (AvgIpc) is 2.85. The minimum atomic E-state index is -0.398. The lowest BCUT2D eigenvalue weighted by Crippen LogP contribution is -2.70. The molecule has 2 aliphatic heterocycles. The molecule has 1 spiro atoms. The van der Waals surface area contributed by atoms with Crippen LogP contribution in [0, 0.1) is 5.41 Å². The molecule has 4 aliphatic rings. The van der Waals surface area contributed by atoms with E-state index in [-0.39, 0.29) is 22.4 Å². The van der Waals surface area contributed by atoms with Gasteiger partial charge in [-0.25, -0.2) is 0 Å². The summed E-state index contributed by atoms with van der Waals surface area (Å²) >= 11 is 0. The Balaban J connectivity index is 1.88. The average molecular weight is 299 g/mol. The Morgan fingerprint density at radius 2 is 2.18 bits per heavy atom. The first-order chi connectivity index (χ1) is 10.5. The highest BCUT2D eigenvalue weighted by Gasteiger charge is 2.70. The van der Waals surface area contributed by atoms with Crippen molar-refractivity contribution in [3.8, 4) is 11.5 Å². The molecular formula is C18H21NO3. The summed E-state index contributed by atoms with van der Waals surface area (Å²) in [5.74, 6) is 0.992. The fourth-order valence-corrected chi connectivity index (χ4v) is 5.99. The summed E-state index contributed by atoms with van der Waals surface area (Å²) < 4.78 is 6.10. The van der Waals surface area contributed by atoms with Gasteiger partial charge < -0.3 is 14.7 Å². The predicted octanol–water partition coefficient (Wildman–Crippen LogP) is 2.02. The summed E-state index contributed by atoms with van der Waals surface area (Å²) in [7, 11) is 2.20. The Bertz CT molecular complexity index is 715. The van der Waals surface area contributed by atoms with Crippen molar-refractivity contribution in [2.45, 2.75) is 50.2 Å². The number of rotatable bonds is 0. The number of aromatic hydroxyl groups is 1. The first kappa shape index (κ1) is 12.9. The van der Waals surface area contributed by atoms with Crippen LogP contribution in [0.15, 0.2) is 12.1 Å². The fourth-order valence-electron chi connectivity index (χ4n) is 5.99. The van der Waals surface area contributed by atoms with Crippen molar-refractivity contribution < 1.29 is 14.6 Å². The number of hydrogen-bond acceptors (Lipinski definition) is 4. The van der Waals surface area contributed by atoms with Crippen LogP contribution in [-0.2, 0) is 16.6 Å². The molecule has 2 fully saturated rings. The number of phenolic OH excluding ortho intramolecular Hbond substituents is 1. The molecule has 4 nitrogen and oxygen atoms in total. The molecule has 0 amide bonds. The van der Waals surface area contributed by atoms with Crippen LogP contribution >= 0.6 is 0 Å². The molecule has 2 heterocycles. The van der Waals surface area contributed by atoms with Gasteiger partial charge in [-0.3, -0.25) is 4.79 Å². The van der Waals surface area contributed by atoms with Crippen LogP contribution < -0.4 is 4.74 Å². The Kier molecular flexibility index (Phi) is 2.16. The second-order valence-corrected chi connectivity index (χ2v) is 7.75. The van der Waals surface area contributed by atoms with Crippen molar-refractivity contribution in [2.24, 2.45) is 5.41 Å². The van der Waals surface area contributed by atoms with E-state index in [1.165, 1.54) is 5.56 Å². The van der Waals surface area contributed by atoms with Crippen molar-refractivity contribution in [3.63, 3.8) is 0 Å². The third-order valence-corrected chi connectivity index (χ3v) is 7.09. The molecule has 1 saturated heterocycles. The van der Waals surface area contributed by atoms with Crippen molar-refractivity contribution in [2.75, 3.05) is 13.6 Å². The zero-order valence-electron chi connectivity index (χ0n) is 13.1. The first-order valence-electron chi connectivity index (χ1n) is 8.24. The van der Waals surface area contributed by atoms with Gasteiger partial charge in [-0.1, -0.05) is 13.0 Å². The number of ketones is 1. The minimum Gasteiger partial charge on any atom is -0.504 e. The maximum atomic E-state index is 12.6. The number of piperidine rings is 1. The Labute approximate surface area is 130 Å². The van der Waals surface area contributed by atoms with Crippen molar-refractivity contribution in [1.29, 1.82) is 0 Å². The van der Waals surface area contributed by atoms with E-state index >= 15 is 0 Å². The maximum absolute atomic E-state index is 12.6. The van der Waals surface area contributed by atoms with Gasteiger partial charge in [0.25, 0.3) is 0 Å². The lowest BCUT2D eigenvalue weighted by Gasteiger charge is -2.63. The predicted molar refractivity (Wildman–Crippen MR) is 81.3 cm³/mol. The second kappa shape index (κ2) is 3.67. The van der Waals surface area contributed by atoms with E-state index in [0.717, 1.165) is 31.4 Å². The zero-order chi connectivity index (χ0) is 15.3. The van der Waals surface area contributed by atoms with E-state index in [1.54, 1.807) is 6.07 Å². The standard InChI is InChI=1S/C18H21NO3/c1-17-6-5-12(21)16-18(17)7-8-19(2)13(17)9-10-3-4-11(20)15(22-16)14(10)18/h3-4,13,16,20H,5-9H2,1-2H3/t13-,16+,17+,18+/m1/s1. The molecule has 0 unspecified atom stereocenters. The largest absolute Gasteiger partial charge is 0.504 e. The first-order valence-corrected chi connectivity index (χ1v) is 8.24. The van der Waals surface area contributed by atoms with E-state index in [2.05, 4.69) is 18.9 Å². The van der Waals surface area contributed by atoms with Crippen molar-refractivity contribution in [1.82, 2.24) is 4.90 Å². The van der Waals surface area contributed by atoms with Gasteiger partial charge in [0.2, 0.25) is 0 Å². The molecule has 2 aliphatic carbocycles. The fraction of sp³-hybridized carbons (Fsp3) is 0.611. The molecule has 5 rings (SSSR count). The van der Waals surface area contributed by atoms with Gasteiger partial charge in [-0.2, -0.15) is 0 Å². The van der Waals surface area contributed by atoms with E-state index in [9.17, 15) is 9.90 Å². The number of carbonyl (C=O) groups excluding carboxylic acids is 1. The number of Topliss-reactive ketones (excluding diaryl/α,β-unsaturated/α-hetero) is 1. The minimum absolute atomic E-state index is 0.0463. The van der Waals surface area contributed by atoms with Gasteiger partial charge in [0.05, 0.1) is 5.41 Å². The number of likely N-dealkylation sites (N-methyl/N-ethyl adjacent to an activating group) is 1. The summed E-state index contributed by atoms with van der Waals surface area (Å²) in [5, 5.41) is 10.3. The molecule has 0 radical (unpaired) electrons. The van der Waals surface area contributed by atoms with E-state index in [0.29, 0.717) is 18.2 Å². The zero-order valence-corrected chi connectivity index (χ0v) is 13.1. The molecule has 22 heavy (non-hydrogen) atoms. The summed E-state index contributed by atoms with van der Waals surface area (Å²) in [6.07, 6.45) is 3.05. The topological polar surface area (TPSA) is 49.8 Å². The van der Waals surface area contributed by atoms with Crippen LogP contribution in [0.1, 0.15) is 37.3 Å². The van der Waals surface area contributed by atoms with Crippen LogP contribution in [0.4, 0.5) is 0 Å². The van der Waals surface area contributed by atoms with Crippen LogP contribution in [-0.4, -0.2) is 41.5 Å². The summed E-state index contributed by atoms with van der Waals surface area (Å²) in [6.45, 7) is 3.33. The number of ether oxygens (including phenoxy) is 1. The van der Waals surface area contributed by atoms with E-state index in [4.69, 9.17) is 4.74 Å². The van der Waals surface area contributed by atoms with E-state index < -0.39 is 6.10 Å². The van der Waals surface area contributed by atoms with Crippen molar-refractivity contribution >= 4 is 5.78 Å². The Morgan fingerprint density at radius 3 is 3.00 bits per heavy atom. The van der Waals surface area contributed by atoms with Gasteiger partial charge in [0.1, 0.15) is 0 Å². The van der Waals surface area contributed by atoms with Crippen LogP contribution in [0.2, 0.25) is 0 Å². The monoisotopic (exact) mass is 299 g/mol. The van der Waals surface area contributed by atoms with E-state index in [1.807, 2.05) is 6.07 Å². The van der Waals surface area contributed by atoms with Crippen molar-refractivity contribution in [3.05, 3.63) is 23.3 Å². The molecule has 4 atom stereocenters. The molecule has 0 aromatic heterocycles. The Morgan fingerprint density at radius 1 is 1.36 bits per heavy atom. The van der Waals surface area contributed by atoms with Gasteiger partial charge >= 0.3 is 0 Å². The van der Waals surface area contributed by atoms with Crippen LogP contribution in [0.5, 0.6) is 11.5 Å². The van der Waals surface area contributed by atoms with Gasteiger partial charge in [0.15, 0.2) is 23.4 Å². The normalized spacial score (nSPS) is 42.0. The number of carbonyl (C=O) groups is 1. The SMILES string of the molecule is CN1CC[C@]23c4c5ccc(O)c4O[C@H]2C(=O)CC[C@@]3(C)[C@H]1C5. The Hall–Kier alpha value is -1.55. The molecule has 1 saturated carbocycles. The number of benzene rings is 1. The molecular weight excluding hydrogens is 278 g/mol. The number of likely N-dealkylation sites (tertiary alicyclic amines) is 1. The lowest BCUT2D eigenvalue weighted by atomic mass is 9.44. The highest BCUT2D eigenvalue weighted by Crippen LogP contribution is 2.68. The van der Waals surface area contributed by atoms with Gasteiger partial charge in [-0.15, -0.1) is 0 Å². The molecule has 1 aromatic rings. The summed E-state index contributed by atoms with van der Waals surface area (Å²) in [4.78, 5) is 15.1.